The largest absolute Gasteiger partial charge is 0.451 e. The minimum atomic E-state index is -4.85. The predicted octanol–water partition coefficient (Wildman–Crippen LogP) is 3.43. The van der Waals surface area contributed by atoms with Crippen LogP contribution >= 0.6 is 0 Å². The Hall–Kier alpha value is -3.52. The maximum absolute atomic E-state index is 14.0. The van der Waals surface area contributed by atoms with Crippen LogP contribution < -0.4 is 5.73 Å². The summed E-state index contributed by atoms with van der Waals surface area (Å²) in [6.45, 7) is -0.634. The van der Waals surface area contributed by atoms with Crippen LogP contribution in [0.2, 0.25) is 0 Å². The fraction of sp³-hybridized carbons (Fsp3) is 0.348. The molecule has 37 heavy (non-hydrogen) atoms. The second-order valence-corrected chi connectivity index (χ2v) is 8.59. The summed E-state index contributed by atoms with van der Waals surface area (Å²) in [6.07, 6.45) is -7.28. The van der Waals surface area contributed by atoms with Crippen molar-refractivity contribution in [1.29, 1.82) is 0 Å². The molecule has 3 atom stereocenters. The SMILES string of the molecule is N[C@@H](CC(=O)N1CCn2c(nnc2C(F)(F)F)[C@H]1[C@H](O)c1ccc(F)cc1)Cc1cc(F)c(F)cc1F. The zero-order chi connectivity index (χ0) is 27.1. The third-order valence-corrected chi connectivity index (χ3v) is 6.04. The Balaban J connectivity index is 1.62. The summed E-state index contributed by atoms with van der Waals surface area (Å²) in [5.41, 5.74) is 5.79. The van der Waals surface area contributed by atoms with E-state index in [2.05, 4.69) is 10.2 Å². The van der Waals surface area contributed by atoms with E-state index in [1.54, 1.807) is 0 Å². The van der Waals surface area contributed by atoms with Gasteiger partial charge >= 0.3 is 6.18 Å². The Morgan fingerprint density at radius 1 is 1.03 bits per heavy atom. The van der Waals surface area contributed by atoms with Gasteiger partial charge in [-0.05, 0) is 35.7 Å². The number of aromatic nitrogens is 3. The van der Waals surface area contributed by atoms with E-state index in [-0.39, 0.29) is 36.5 Å². The van der Waals surface area contributed by atoms with Gasteiger partial charge in [0.15, 0.2) is 17.5 Å². The number of amides is 1. The van der Waals surface area contributed by atoms with Crippen LogP contribution in [0.3, 0.4) is 0 Å². The molecule has 2 heterocycles. The van der Waals surface area contributed by atoms with Crippen LogP contribution in [0.25, 0.3) is 0 Å². The van der Waals surface area contributed by atoms with Gasteiger partial charge in [0.05, 0.1) is 0 Å². The average molecular weight is 531 g/mol. The molecule has 1 amide bonds. The van der Waals surface area contributed by atoms with Gasteiger partial charge in [-0.3, -0.25) is 4.79 Å². The average Bonchev–Trinajstić information content (AvgIpc) is 3.27. The van der Waals surface area contributed by atoms with Gasteiger partial charge in [-0.1, -0.05) is 12.1 Å². The van der Waals surface area contributed by atoms with Crippen LogP contribution in [0, 0.1) is 23.3 Å². The zero-order valence-electron chi connectivity index (χ0n) is 18.9. The highest BCUT2D eigenvalue weighted by Crippen LogP contribution is 2.39. The quantitative estimate of drug-likeness (QED) is 0.376. The molecule has 0 fully saturated rings. The number of rotatable bonds is 6. The highest BCUT2D eigenvalue weighted by atomic mass is 19.4. The molecule has 0 unspecified atom stereocenters. The molecular formula is C23H20F7N5O2. The third-order valence-electron chi connectivity index (χ3n) is 6.04. The molecule has 4 rings (SSSR count). The Bertz CT molecular complexity index is 1300. The Morgan fingerprint density at radius 2 is 1.68 bits per heavy atom. The van der Waals surface area contributed by atoms with Crippen LogP contribution in [0.4, 0.5) is 30.7 Å². The maximum Gasteiger partial charge on any atom is 0.451 e. The van der Waals surface area contributed by atoms with Crippen molar-refractivity contribution < 1.29 is 40.6 Å². The van der Waals surface area contributed by atoms with E-state index in [1.165, 1.54) is 12.1 Å². The number of nitrogens with zero attached hydrogens (tertiary/aromatic N) is 4. The molecule has 0 saturated carbocycles. The predicted molar refractivity (Wildman–Crippen MR) is 113 cm³/mol. The summed E-state index contributed by atoms with van der Waals surface area (Å²) in [7, 11) is 0. The lowest BCUT2D eigenvalue weighted by atomic mass is 9.97. The van der Waals surface area contributed by atoms with Gasteiger partial charge in [0, 0.05) is 31.6 Å². The highest BCUT2D eigenvalue weighted by molar-refractivity contribution is 5.77. The van der Waals surface area contributed by atoms with Crippen molar-refractivity contribution in [3.63, 3.8) is 0 Å². The molecule has 1 aromatic heterocycles. The lowest BCUT2D eigenvalue weighted by Crippen LogP contribution is -2.47. The van der Waals surface area contributed by atoms with E-state index >= 15 is 0 Å². The molecular weight excluding hydrogens is 511 g/mol. The summed E-state index contributed by atoms with van der Waals surface area (Å²) >= 11 is 0. The first-order valence-corrected chi connectivity index (χ1v) is 11.0. The molecule has 1 aliphatic heterocycles. The zero-order valence-corrected chi connectivity index (χ0v) is 18.9. The molecule has 0 aliphatic carbocycles. The third kappa shape index (κ3) is 5.44. The molecule has 0 saturated heterocycles. The van der Waals surface area contributed by atoms with Gasteiger partial charge in [-0.25, -0.2) is 17.6 Å². The van der Waals surface area contributed by atoms with Crippen molar-refractivity contribution in [3.05, 3.63) is 82.4 Å². The fourth-order valence-corrected chi connectivity index (χ4v) is 4.30. The monoisotopic (exact) mass is 531 g/mol. The molecule has 0 radical (unpaired) electrons. The van der Waals surface area contributed by atoms with Gasteiger partial charge in [-0.15, -0.1) is 10.2 Å². The van der Waals surface area contributed by atoms with Crippen molar-refractivity contribution in [2.75, 3.05) is 6.54 Å². The number of alkyl halides is 3. The Morgan fingerprint density at radius 3 is 2.32 bits per heavy atom. The Labute approximate surface area is 205 Å². The molecule has 198 valence electrons. The van der Waals surface area contributed by atoms with Crippen LogP contribution in [-0.2, 0) is 23.9 Å². The van der Waals surface area contributed by atoms with Crippen LogP contribution in [0.5, 0.6) is 0 Å². The molecule has 14 heteroatoms. The number of benzene rings is 2. The molecule has 3 aromatic rings. The van der Waals surface area contributed by atoms with E-state index in [0.29, 0.717) is 12.1 Å². The number of carbonyl (C=O) groups is 1. The van der Waals surface area contributed by atoms with E-state index in [0.717, 1.165) is 21.6 Å². The van der Waals surface area contributed by atoms with Crippen molar-refractivity contribution in [1.82, 2.24) is 19.7 Å². The van der Waals surface area contributed by atoms with Gasteiger partial charge in [0.25, 0.3) is 0 Å². The first-order chi connectivity index (χ1) is 17.4. The molecule has 1 aliphatic rings. The van der Waals surface area contributed by atoms with Crippen LogP contribution in [0.15, 0.2) is 36.4 Å². The normalized spacial score (nSPS) is 17.4. The lowest BCUT2D eigenvalue weighted by Gasteiger charge is -2.39. The van der Waals surface area contributed by atoms with E-state index in [4.69, 9.17) is 5.73 Å². The second kappa shape index (κ2) is 10.1. The molecule has 3 N–H and O–H groups in total. The standard InChI is InChI=1S/C23H20F7N5O2/c24-13-3-1-11(2-4-13)20(37)19-21-32-33-22(23(28,29)30)35(21)6-5-34(19)18(36)9-14(31)7-12-8-16(26)17(27)10-15(12)25/h1-4,8,10,14,19-20,37H,5-7,9,31H2/t14-,19-,20-/m1/s1. The van der Waals surface area contributed by atoms with Crippen LogP contribution in [-0.4, -0.2) is 43.3 Å². The number of aliphatic hydroxyl groups is 1. The maximum atomic E-state index is 14.0. The van der Waals surface area contributed by atoms with Crippen molar-refractivity contribution in [2.45, 2.75) is 43.8 Å². The minimum absolute atomic E-state index is 0.0994. The minimum Gasteiger partial charge on any atom is -0.386 e. The van der Waals surface area contributed by atoms with E-state index in [1.807, 2.05) is 0 Å². The fourth-order valence-electron chi connectivity index (χ4n) is 4.30. The highest BCUT2D eigenvalue weighted by Gasteiger charge is 2.45. The van der Waals surface area contributed by atoms with Crippen LogP contribution in [0.1, 0.15) is 41.3 Å². The van der Waals surface area contributed by atoms with Crippen molar-refractivity contribution in [2.24, 2.45) is 5.73 Å². The molecule has 0 bridgehead atoms. The smallest absolute Gasteiger partial charge is 0.386 e. The number of nitrogens with two attached hydrogens (primary N) is 1. The topological polar surface area (TPSA) is 97.3 Å². The summed E-state index contributed by atoms with van der Waals surface area (Å²) in [5, 5.41) is 17.8. The first kappa shape index (κ1) is 26.5. The van der Waals surface area contributed by atoms with Gasteiger partial charge < -0.3 is 20.3 Å². The second-order valence-electron chi connectivity index (χ2n) is 8.59. The summed E-state index contributed by atoms with van der Waals surface area (Å²) in [6, 6.07) is 2.93. The van der Waals surface area contributed by atoms with Gasteiger partial charge in [-0.2, -0.15) is 13.2 Å². The number of aliphatic hydroxyl groups excluding tert-OH is 1. The summed E-state index contributed by atoms with van der Waals surface area (Å²) in [5.74, 6) is -6.74. The van der Waals surface area contributed by atoms with Crippen molar-refractivity contribution >= 4 is 5.91 Å². The lowest BCUT2D eigenvalue weighted by molar-refractivity contribution is -0.149. The van der Waals surface area contributed by atoms with Gasteiger partial charge in [0.2, 0.25) is 11.7 Å². The molecule has 7 nitrogen and oxygen atoms in total. The first-order valence-electron chi connectivity index (χ1n) is 11.0. The number of carbonyl (C=O) groups excluding carboxylic acids is 1. The van der Waals surface area contributed by atoms with E-state index < -0.39 is 65.8 Å². The Kier molecular flexibility index (Phi) is 7.24. The summed E-state index contributed by atoms with van der Waals surface area (Å²) in [4.78, 5) is 14.3. The van der Waals surface area contributed by atoms with E-state index in [9.17, 15) is 40.6 Å². The molecule has 2 aromatic carbocycles. The summed E-state index contributed by atoms with van der Waals surface area (Å²) < 4.78 is 95.1. The van der Waals surface area contributed by atoms with Crippen molar-refractivity contribution in [3.8, 4) is 0 Å². The molecule has 0 spiro atoms. The van der Waals surface area contributed by atoms with Gasteiger partial charge in [0.1, 0.15) is 23.8 Å². The number of fused-ring (bicyclic) bond motifs is 1. The number of hydrogen-bond donors (Lipinski definition) is 2. The number of hydrogen-bond acceptors (Lipinski definition) is 5. The number of halogens is 7.